The van der Waals surface area contributed by atoms with Crippen LogP contribution in [0.5, 0.6) is 11.5 Å². The Labute approximate surface area is 133 Å². The zero-order valence-electron chi connectivity index (χ0n) is 13.0. The van der Waals surface area contributed by atoms with Gasteiger partial charge >= 0.3 is 5.97 Å². The number of rotatable bonds is 2. The molecule has 0 aliphatic carbocycles. The van der Waals surface area contributed by atoms with Gasteiger partial charge in [-0.25, -0.2) is 4.79 Å². The molecule has 0 N–H and O–H groups in total. The summed E-state index contributed by atoms with van der Waals surface area (Å²) in [7, 11) is 0. The van der Waals surface area contributed by atoms with E-state index in [-0.39, 0.29) is 5.78 Å². The van der Waals surface area contributed by atoms with Gasteiger partial charge in [0.05, 0.1) is 11.1 Å². The number of benzene rings is 1. The largest absolute Gasteiger partial charge is 0.452 e. The maximum atomic E-state index is 12.3. The first-order valence-corrected chi connectivity index (χ1v) is 7.14. The second kappa shape index (κ2) is 5.68. The Morgan fingerprint density at radius 1 is 1.17 bits per heavy atom. The number of aromatic nitrogens is 1. The summed E-state index contributed by atoms with van der Waals surface area (Å²) in [5.41, 5.74) is 2.44. The molecule has 2 aromatic rings. The number of Topliss-reactive ketones (excluding diaryl/α,β-unsaturated/α-hetero) is 1. The van der Waals surface area contributed by atoms with E-state index in [1.165, 1.54) is 12.4 Å². The lowest BCUT2D eigenvalue weighted by Gasteiger charge is -2.07. The van der Waals surface area contributed by atoms with Crippen LogP contribution in [0.25, 0.3) is 0 Å². The molecule has 23 heavy (non-hydrogen) atoms. The van der Waals surface area contributed by atoms with Crippen LogP contribution in [-0.2, 0) is 0 Å². The standard InChI is InChI=1S/C18H15NO4/c1-10(2)17-16(20)15-11(3)8-13(9-14(15)23-17)22-18(21)12-4-6-19-7-5-12/h4-9H,1-3H3. The van der Waals surface area contributed by atoms with Gasteiger partial charge in [-0.05, 0) is 50.1 Å². The third-order valence-electron chi connectivity index (χ3n) is 3.50. The minimum Gasteiger partial charge on any atom is -0.452 e. The third-order valence-corrected chi connectivity index (χ3v) is 3.50. The van der Waals surface area contributed by atoms with Gasteiger partial charge in [0.15, 0.2) is 5.76 Å². The fraction of sp³-hybridized carbons (Fsp3) is 0.167. The van der Waals surface area contributed by atoms with Crippen molar-refractivity contribution in [3.63, 3.8) is 0 Å². The Balaban J connectivity index is 1.92. The molecule has 0 fully saturated rings. The first kappa shape index (κ1) is 15.0. The number of allylic oxidation sites excluding steroid dienone is 2. The molecule has 116 valence electrons. The fourth-order valence-electron chi connectivity index (χ4n) is 2.41. The van der Waals surface area contributed by atoms with Crippen LogP contribution in [0.3, 0.4) is 0 Å². The number of aryl methyl sites for hydroxylation is 1. The minimum absolute atomic E-state index is 0.135. The summed E-state index contributed by atoms with van der Waals surface area (Å²) < 4.78 is 11.0. The first-order valence-electron chi connectivity index (χ1n) is 7.14. The number of carbonyl (C=O) groups excluding carboxylic acids is 2. The normalized spacial score (nSPS) is 12.7. The van der Waals surface area contributed by atoms with Crippen molar-refractivity contribution in [3.05, 3.63) is 64.7 Å². The second-order valence-corrected chi connectivity index (χ2v) is 5.50. The van der Waals surface area contributed by atoms with Crippen LogP contribution in [0.15, 0.2) is 48.0 Å². The highest BCUT2D eigenvalue weighted by Gasteiger charge is 2.31. The van der Waals surface area contributed by atoms with Gasteiger partial charge in [0.1, 0.15) is 11.5 Å². The zero-order valence-corrected chi connectivity index (χ0v) is 13.0. The van der Waals surface area contributed by atoms with E-state index in [2.05, 4.69) is 4.98 Å². The van der Waals surface area contributed by atoms with Gasteiger partial charge in [0.25, 0.3) is 0 Å². The van der Waals surface area contributed by atoms with Crippen molar-refractivity contribution in [1.82, 2.24) is 4.98 Å². The molecular formula is C18H15NO4. The predicted molar refractivity (Wildman–Crippen MR) is 83.7 cm³/mol. The predicted octanol–water partition coefficient (Wildman–Crippen LogP) is 3.48. The first-order chi connectivity index (χ1) is 11.0. The number of carbonyl (C=O) groups is 2. The molecule has 1 aromatic heterocycles. The third kappa shape index (κ3) is 2.73. The topological polar surface area (TPSA) is 65.5 Å². The monoisotopic (exact) mass is 309 g/mol. The number of pyridine rings is 1. The van der Waals surface area contributed by atoms with Crippen molar-refractivity contribution in [2.75, 3.05) is 0 Å². The number of fused-ring (bicyclic) bond motifs is 1. The maximum absolute atomic E-state index is 12.3. The molecule has 0 spiro atoms. The summed E-state index contributed by atoms with van der Waals surface area (Å²) in [6.07, 6.45) is 3.04. The molecule has 0 unspecified atom stereocenters. The van der Waals surface area contributed by atoms with Crippen LogP contribution >= 0.6 is 0 Å². The van der Waals surface area contributed by atoms with Crippen LogP contribution in [0, 0.1) is 6.92 Å². The average molecular weight is 309 g/mol. The van der Waals surface area contributed by atoms with Gasteiger partial charge in [-0.15, -0.1) is 0 Å². The van der Waals surface area contributed by atoms with Crippen LogP contribution in [0.1, 0.15) is 40.1 Å². The van der Waals surface area contributed by atoms with E-state index in [0.29, 0.717) is 33.9 Å². The number of ketones is 1. The van der Waals surface area contributed by atoms with E-state index in [0.717, 1.165) is 5.57 Å². The highest BCUT2D eigenvalue weighted by Crippen LogP contribution is 2.37. The van der Waals surface area contributed by atoms with Gasteiger partial charge < -0.3 is 9.47 Å². The highest BCUT2D eigenvalue weighted by molar-refractivity contribution is 6.13. The van der Waals surface area contributed by atoms with Crippen LogP contribution < -0.4 is 9.47 Å². The molecule has 1 aliphatic rings. The van der Waals surface area contributed by atoms with E-state index in [1.54, 1.807) is 31.2 Å². The molecule has 3 rings (SSSR count). The lowest BCUT2D eigenvalue weighted by molar-refractivity contribution is 0.0734. The number of esters is 1. The van der Waals surface area contributed by atoms with E-state index in [9.17, 15) is 9.59 Å². The second-order valence-electron chi connectivity index (χ2n) is 5.50. The number of hydrogen-bond donors (Lipinski definition) is 0. The average Bonchev–Trinajstić information content (AvgIpc) is 2.85. The van der Waals surface area contributed by atoms with Crippen molar-refractivity contribution in [2.24, 2.45) is 0 Å². The smallest absolute Gasteiger partial charge is 0.343 e. The van der Waals surface area contributed by atoms with Gasteiger partial charge in [-0.1, -0.05) is 0 Å². The van der Waals surface area contributed by atoms with Gasteiger partial charge in [-0.3, -0.25) is 9.78 Å². The molecule has 1 aliphatic heterocycles. The SMILES string of the molecule is CC(C)=C1Oc2cc(OC(=O)c3ccncc3)cc(C)c2C1=O. The van der Waals surface area contributed by atoms with Crippen LogP contribution in [0.4, 0.5) is 0 Å². The van der Waals surface area contributed by atoms with Crippen molar-refractivity contribution in [1.29, 1.82) is 0 Å². The van der Waals surface area contributed by atoms with E-state index < -0.39 is 5.97 Å². The highest BCUT2D eigenvalue weighted by atomic mass is 16.5. The van der Waals surface area contributed by atoms with Crippen molar-refractivity contribution in [3.8, 4) is 11.5 Å². The van der Waals surface area contributed by atoms with Crippen LogP contribution in [-0.4, -0.2) is 16.7 Å². The summed E-state index contributed by atoms with van der Waals surface area (Å²) in [5.74, 6) is 0.471. The molecule has 0 amide bonds. The summed E-state index contributed by atoms with van der Waals surface area (Å²) in [4.78, 5) is 28.3. The number of hydrogen-bond acceptors (Lipinski definition) is 5. The molecular weight excluding hydrogens is 294 g/mol. The molecule has 0 bridgehead atoms. The molecule has 2 heterocycles. The quantitative estimate of drug-likeness (QED) is 0.483. The van der Waals surface area contributed by atoms with E-state index in [4.69, 9.17) is 9.47 Å². The molecule has 5 heteroatoms. The molecule has 0 radical (unpaired) electrons. The van der Waals surface area contributed by atoms with E-state index in [1.807, 2.05) is 13.8 Å². The molecule has 1 aromatic carbocycles. The lowest BCUT2D eigenvalue weighted by atomic mass is 10.0. The van der Waals surface area contributed by atoms with Crippen molar-refractivity contribution < 1.29 is 19.1 Å². The Kier molecular flexibility index (Phi) is 3.70. The lowest BCUT2D eigenvalue weighted by Crippen LogP contribution is -2.08. The molecule has 0 saturated carbocycles. The van der Waals surface area contributed by atoms with Crippen molar-refractivity contribution >= 4 is 11.8 Å². The summed E-state index contributed by atoms with van der Waals surface area (Å²) in [5, 5.41) is 0. The Morgan fingerprint density at radius 2 is 1.87 bits per heavy atom. The Morgan fingerprint density at radius 3 is 2.52 bits per heavy atom. The summed E-state index contributed by atoms with van der Waals surface area (Å²) >= 11 is 0. The molecule has 5 nitrogen and oxygen atoms in total. The molecule has 0 atom stereocenters. The van der Waals surface area contributed by atoms with Gasteiger partial charge in [0.2, 0.25) is 5.78 Å². The van der Waals surface area contributed by atoms with E-state index >= 15 is 0 Å². The minimum atomic E-state index is -0.487. The fourth-order valence-corrected chi connectivity index (χ4v) is 2.41. The van der Waals surface area contributed by atoms with Crippen LogP contribution in [0.2, 0.25) is 0 Å². The van der Waals surface area contributed by atoms with Gasteiger partial charge in [-0.2, -0.15) is 0 Å². The molecule has 0 saturated heterocycles. The number of ether oxygens (including phenoxy) is 2. The Bertz CT molecular complexity index is 834. The van der Waals surface area contributed by atoms with Gasteiger partial charge in [0, 0.05) is 18.5 Å². The number of nitrogens with zero attached hydrogens (tertiary/aromatic N) is 1. The summed E-state index contributed by atoms with van der Waals surface area (Å²) in [6, 6.07) is 6.37. The summed E-state index contributed by atoms with van der Waals surface area (Å²) in [6.45, 7) is 5.43. The maximum Gasteiger partial charge on any atom is 0.343 e. The van der Waals surface area contributed by atoms with Crippen molar-refractivity contribution in [2.45, 2.75) is 20.8 Å². The zero-order chi connectivity index (χ0) is 16.6. The Hall–Kier alpha value is -2.95.